The highest BCUT2D eigenvalue weighted by atomic mass is 32.1. The number of thiazole rings is 1. The lowest BCUT2D eigenvalue weighted by Crippen LogP contribution is -2.20. The summed E-state index contributed by atoms with van der Waals surface area (Å²) in [6, 6.07) is 12.2. The molecular weight excluding hydrogens is 364 g/mol. The molecule has 0 saturated carbocycles. The maximum atomic E-state index is 12.2. The van der Waals surface area contributed by atoms with Crippen LogP contribution in [0.1, 0.15) is 11.1 Å². The fourth-order valence-electron chi connectivity index (χ4n) is 2.86. The highest BCUT2D eigenvalue weighted by molar-refractivity contribution is 7.22. The summed E-state index contributed by atoms with van der Waals surface area (Å²) >= 11 is 1.43. The molecule has 7 heteroatoms. The maximum Gasteiger partial charge on any atom is 0.336 e. The molecule has 0 aliphatic carbocycles. The standard InChI is InChI=1S/C20H16N2O4S/c1-11-7-12(2)19-16(8-11)27-20(22-19)21-17(23)10-25-14-5-3-13-4-6-18(24)26-15(13)9-14/h3-9H,10H2,1-2H3,(H,21,22,23). The molecule has 0 aliphatic heterocycles. The van der Waals surface area contributed by atoms with Crippen molar-refractivity contribution >= 4 is 43.6 Å². The minimum Gasteiger partial charge on any atom is -0.484 e. The Morgan fingerprint density at radius 1 is 1.19 bits per heavy atom. The summed E-state index contributed by atoms with van der Waals surface area (Å²) in [5.74, 6) is 0.140. The lowest BCUT2D eigenvalue weighted by molar-refractivity contribution is -0.118. The zero-order valence-electron chi connectivity index (χ0n) is 14.7. The summed E-state index contributed by atoms with van der Waals surface area (Å²) < 4.78 is 11.7. The molecule has 1 N–H and O–H groups in total. The predicted molar refractivity (Wildman–Crippen MR) is 106 cm³/mol. The van der Waals surface area contributed by atoms with Crippen LogP contribution in [0.25, 0.3) is 21.2 Å². The molecule has 4 rings (SSSR count). The second-order valence-electron chi connectivity index (χ2n) is 6.24. The van der Waals surface area contributed by atoms with Crippen molar-refractivity contribution in [1.29, 1.82) is 0 Å². The highest BCUT2D eigenvalue weighted by Gasteiger charge is 2.11. The molecule has 136 valence electrons. The second kappa shape index (κ2) is 6.85. The third kappa shape index (κ3) is 3.68. The number of rotatable bonds is 4. The lowest BCUT2D eigenvalue weighted by Gasteiger charge is -2.06. The molecule has 2 aromatic carbocycles. The van der Waals surface area contributed by atoms with Crippen LogP contribution >= 0.6 is 11.3 Å². The first-order valence-electron chi connectivity index (χ1n) is 8.32. The van der Waals surface area contributed by atoms with Crippen LogP contribution < -0.4 is 15.7 Å². The number of nitrogens with one attached hydrogen (secondary N) is 1. The molecule has 0 fully saturated rings. The minimum atomic E-state index is -0.432. The lowest BCUT2D eigenvalue weighted by atomic mass is 10.1. The highest BCUT2D eigenvalue weighted by Crippen LogP contribution is 2.29. The van der Waals surface area contributed by atoms with Gasteiger partial charge < -0.3 is 9.15 Å². The molecule has 2 heterocycles. The van der Waals surface area contributed by atoms with E-state index in [4.69, 9.17) is 9.15 Å². The van der Waals surface area contributed by atoms with Gasteiger partial charge >= 0.3 is 5.63 Å². The Balaban J connectivity index is 1.45. The van der Waals surface area contributed by atoms with Crippen molar-refractivity contribution in [3.63, 3.8) is 0 Å². The van der Waals surface area contributed by atoms with Crippen molar-refractivity contribution in [3.8, 4) is 5.75 Å². The first-order chi connectivity index (χ1) is 13.0. The molecule has 0 aliphatic rings. The predicted octanol–water partition coefficient (Wildman–Crippen LogP) is 4.04. The van der Waals surface area contributed by atoms with Gasteiger partial charge in [0.2, 0.25) is 0 Å². The fourth-order valence-corrected chi connectivity index (χ4v) is 3.92. The number of amides is 1. The van der Waals surface area contributed by atoms with E-state index in [2.05, 4.69) is 22.4 Å². The van der Waals surface area contributed by atoms with Crippen LogP contribution in [0.3, 0.4) is 0 Å². The number of aromatic nitrogens is 1. The number of hydrogen-bond donors (Lipinski definition) is 1. The topological polar surface area (TPSA) is 81.4 Å². The molecule has 0 atom stereocenters. The van der Waals surface area contributed by atoms with E-state index < -0.39 is 5.63 Å². The second-order valence-corrected chi connectivity index (χ2v) is 7.27. The van der Waals surface area contributed by atoms with Crippen LogP contribution in [0, 0.1) is 13.8 Å². The first kappa shape index (κ1) is 17.2. The van der Waals surface area contributed by atoms with Gasteiger partial charge in [-0.2, -0.15) is 0 Å². The number of fused-ring (bicyclic) bond motifs is 2. The molecule has 4 aromatic rings. The first-order valence-corrected chi connectivity index (χ1v) is 9.14. The van der Waals surface area contributed by atoms with Crippen LogP contribution in [-0.4, -0.2) is 17.5 Å². The number of hydrogen-bond acceptors (Lipinski definition) is 6. The Morgan fingerprint density at radius 2 is 2.00 bits per heavy atom. The number of carbonyl (C=O) groups excluding carboxylic acids is 1. The van der Waals surface area contributed by atoms with E-state index in [1.54, 1.807) is 24.3 Å². The van der Waals surface area contributed by atoms with Gasteiger partial charge in [0.05, 0.1) is 10.2 Å². The van der Waals surface area contributed by atoms with E-state index in [1.165, 1.54) is 17.4 Å². The summed E-state index contributed by atoms with van der Waals surface area (Å²) in [6.07, 6.45) is 0. The molecule has 0 radical (unpaired) electrons. The van der Waals surface area contributed by atoms with Gasteiger partial charge in [-0.15, -0.1) is 0 Å². The molecule has 0 bridgehead atoms. The molecule has 1 amide bonds. The summed E-state index contributed by atoms with van der Waals surface area (Å²) in [5.41, 5.74) is 3.12. The van der Waals surface area contributed by atoms with Gasteiger partial charge in [-0.1, -0.05) is 17.4 Å². The van der Waals surface area contributed by atoms with Gasteiger partial charge in [-0.05, 0) is 49.2 Å². The number of benzene rings is 2. The van der Waals surface area contributed by atoms with Crippen molar-refractivity contribution < 1.29 is 13.9 Å². The van der Waals surface area contributed by atoms with Crippen molar-refractivity contribution in [3.05, 3.63) is 64.0 Å². The number of ether oxygens (including phenoxy) is 1. The Kier molecular flexibility index (Phi) is 4.37. The normalized spacial score (nSPS) is 11.0. The number of aryl methyl sites for hydroxylation is 2. The number of nitrogens with zero attached hydrogens (tertiary/aromatic N) is 1. The Labute approximate surface area is 158 Å². The van der Waals surface area contributed by atoms with E-state index in [0.717, 1.165) is 26.7 Å². The van der Waals surface area contributed by atoms with E-state index in [1.807, 2.05) is 13.8 Å². The third-order valence-electron chi connectivity index (χ3n) is 4.04. The molecule has 27 heavy (non-hydrogen) atoms. The number of anilines is 1. The molecule has 0 spiro atoms. The van der Waals surface area contributed by atoms with Gasteiger partial charge in [0.1, 0.15) is 11.3 Å². The third-order valence-corrected chi connectivity index (χ3v) is 4.96. The van der Waals surface area contributed by atoms with Crippen LogP contribution in [-0.2, 0) is 4.79 Å². The SMILES string of the molecule is Cc1cc(C)c2nc(NC(=O)COc3ccc4ccc(=O)oc4c3)sc2c1. The van der Waals surface area contributed by atoms with E-state index in [-0.39, 0.29) is 12.5 Å². The van der Waals surface area contributed by atoms with Crippen molar-refractivity contribution in [1.82, 2.24) is 4.98 Å². The van der Waals surface area contributed by atoms with Crippen molar-refractivity contribution in [2.24, 2.45) is 0 Å². The molecule has 0 saturated heterocycles. The van der Waals surface area contributed by atoms with Crippen LogP contribution in [0.4, 0.5) is 5.13 Å². The monoisotopic (exact) mass is 380 g/mol. The zero-order chi connectivity index (χ0) is 19.0. The largest absolute Gasteiger partial charge is 0.484 e. The fraction of sp³-hybridized carbons (Fsp3) is 0.150. The van der Waals surface area contributed by atoms with E-state index in [9.17, 15) is 9.59 Å². The molecule has 2 aromatic heterocycles. The summed E-state index contributed by atoms with van der Waals surface area (Å²) in [4.78, 5) is 28.0. The minimum absolute atomic E-state index is 0.170. The zero-order valence-corrected chi connectivity index (χ0v) is 15.6. The van der Waals surface area contributed by atoms with Crippen LogP contribution in [0.2, 0.25) is 0 Å². The summed E-state index contributed by atoms with van der Waals surface area (Å²) in [6.45, 7) is 3.86. The Bertz CT molecular complexity index is 1230. The van der Waals surface area contributed by atoms with Gasteiger partial charge in [0.25, 0.3) is 5.91 Å². The quantitative estimate of drug-likeness (QED) is 0.541. The van der Waals surface area contributed by atoms with Gasteiger partial charge in [0, 0.05) is 17.5 Å². The van der Waals surface area contributed by atoms with E-state index >= 15 is 0 Å². The smallest absolute Gasteiger partial charge is 0.336 e. The molecule has 6 nitrogen and oxygen atoms in total. The molecule has 0 unspecified atom stereocenters. The molecular formula is C20H16N2O4S. The maximum absolute atomic E-state index is 12.2. The van der Waals surface area contributed by atoms with Gasteiger partial charge in [-0.25, -0.2) is 9.78 Å². The number of carbonyl (C=O) groups is 1. The summed E-state index contributed by atoms with van der Waals surface area (Å²) in [7, 11) is 0. The van der Waals surface area contributed by atoms with Crippen molar-refractivity contribution in [2.75, 3.05) is 11.9 Å². The Hall–Kier alpha value is -3.19. The average molecular weight is 380 g/mol. The van der Waals surface area contributed by atoms with Gasteiger partial charge in [0.15, 0.2) is 11.7 Å². The summed E-state index contributed by atoms with van der Waals surface area (Å²) in [5, 5.41) is 4.09. The van der Waals surface area contributed by atoms with Crippen LogP contribution in [0.15, 0.2) is 51.7 Å². The van der Waals surface area contributed by atoms with Crippen molar-refractivity contribution in [2.45, 2.75) is 13.8 Å². The van der Waals surface area contributed by atoms with Crippen LogP contribution in [0.5, 0.6) is 5.75 Å². The average Bonchev–Trinajstić information content (AvgIpc) is 3.02. The van der Waals surface area contributed by atoms with E-state index in [0.29, 0.717) is 16.5 Å². The van der Waals surface area contributed by atoms with Gasteiger partial charge in [-0.3, -0.25) is 10.1 Å². The Morgan fingerprint density at radius 3 is 2.85 bits per heavy atom.